The van der Waals surface area contributed by atoms with Gasteiger partial charge in [-0.2, -0.15) is 4.31 Å². The van der Waals surface area contributed by atoms with Gasteiger partial charge >= 0.3 is 5.97 Å². The fraction of sp³-hybridized carbons (Fsp3) is 0.462. The number of carboxylic acids is 1. The molecule has 1 aromatic carbocycles. The lowest BCUT2D eigenvalue weighted by atomic mass is 10.2. The van der Waals surface area contributed by atoms with Crippen LogP contribution in [0.2, 0.25) is 0 Å². The summed E-state index contributed by atoms with van der Waals surface area (Å²) in [7, 11) is -3.82. The molecule has 0 aromatic heterocycles. The van der Waals surface area contributed by atoms with Gasteiger partial charge in [0.05, 0.1) is 11.3 Å². The van der Waals surface area contributed by atoms with Crippen molar-refractivity contribution in [1.82, 2.24) is 4.31 Å². The van der Waals surface area contributed by atoms with Crippen molar-refractivity contribution in [3.05, 3.63) is 30.1 Å². The number of aliphatic carboxylic acids is 1. The first-order chi connectivity index (χ1) is 9.28. The van der Waals surface area contributed by atoms with E-state index in [-0.39, 0.29) is 23.9 Å². The summed E-state index contributed by atoms with van der Waals surface area (Å²) >= 11 is 0. The average Bonchev–Trinajstić information content (AvgIpc) is 2.38. The molecule has 1 N–H and O–H groups in total. The fourth-order valence-electron chi connectivity index (χ4n) is 1.73. The first kappa shape index (κ1) is 16.6. The average molecular weight is 303 g/mol. The SMILES string of the molecule is CCC(C)N(CCC(=O)O)S(=O)(=O)c1ccc(F)cc1. The molecule has 0 bridgehead atoms. The van der Waals surface area contributed by atoms with Gasteiger partial charge in [-0.25, -0.2) is 12.8 Å². The molecule has 0 spiro atoms. The lowest BCUT2D eigenvalue weighted by molar-refractivity contribution is -0.137. The third kappa shape index (κ3) is 4.01. The summed E-state index contributed by atoms with van der Waals surface area (Å²) in [6.07, 6.45) is 0.283. The van der Waals surface area contributed by atoms with Gasteiger partial charge in [0, 0.05) is 12.6 Å². The van der Waals surface area contributed by atoms with Gasteiger partial charge in [0.1, 0.15) is 5.82 Å². The molecule has 1 aromatic rings. The highest BCUT2D eigenvalue weighted by atomic mass is 32.2. The molecule has 20 heavy (non-hydrogen) atoms. The van der Waals surface area contributed by atoms with E-state index in [0.29, 0.717) is 6.42 Å². The van der Waals surface area contributed by atoms with Crippen LogP contribution in [-0.4, -0.2) is 36.4 Å². The molecule has 0 fully saturated rings. The van der Waals surface area contributed by atoms with Crippen LogP contribution < -0.4 is 0 Å². The molecule has 0 aliphatic carbocycles. The summed E-state index contributed by atoms with van der Waals surface area (Å²) in [6, 6.07) is 4.17. The molecule has 1 atom stereocenters. The quantitative estimate of drug-likeness (QED) is 0.837. The van der Waals surface area contributed by atoms with E-state index < -0.39 is 21.8 Å². The summed E-state index contributed by atoms with van der Waals surface area (Å²) in [5, 5.41) is 8.72. The number of halogens is 1. The summed E-state index contributed by atoms with van der Waals surface area (Å²) in [5.41, 5.74) is 0. The van der Waals surface area contributed by atoms with Crippen LogP contribution in [0.15, 0.2) is 29.2 Å². The first-order valence-electron chi connectivity index (χ1n) is 6.28. The normalized spacial score (nSPS) is 13.4. The van der Waals surface area contributed by atoms with E-state index in [2.05, 4.69) is 0 Å². The molecule has 0 heterocycles. The van der Waals surface area contributed by atoms with Crippen LogP contribution in [0.5, 0.6) is 0 Å². The van der Waals surface area contributed by atoms with Crippen LogP contribution >= 0.6 is 0 Å². The third-order valence-electron chi connectivity index (χ3n) is 3.05. The molecule has 0 saturated heterocycles. The Morgan fingerprint density at radius 1 is 1.35 bits per heavy atom. The molecule has 0 aliphatic heterocycles. The summed E-state index contributed by atoms with van der Waals surface area (Å²) in [4.78, 5) is 10.6. The van der Waals surface area contributed by atoms with Gasteiger partial charge in [-0.1, -0.05) is 6.92 Å². The summed E-state index contributed by atoms with van der Waals surface area (Å²) in [5.74, 6) is -1.59. The standard InChI is InChI=1S/C13H18FNO4S/c1-3-10(2)15(9-8-13(16)17)20(18,19)12-6-4-11(14)5-7-12/h4-7,10H,3,8-9H2,1-2H3,(H,16,17). The van der Waals surface area contributed by atoms with Crippen LogP contribution in [0.4, 0.5) is 4.39 Å². The number of rotatable bonds is 7. The van der Waals surface area contributed by atoms with Crippen LogP contribution in [0, 0.1) is 5.82 Å². The van der Waals surface area contributed by atoms with Crippen molar-refractivity contribution in [2.75, 3.05) is 6.54 Å². The Morgan fingerprint density at radius 3 is 2.35 bits per heavy atom. The third-order valence-corrected chi connectivity index (χ3v) is 5.08. The van der Waals surface area contributed by atoms with Gasteiger partial charge in [0.25, 0.3) is 0 Å². The second-order valence-electron chi connectivity index (χ2n) is 4.47. The molecular formula is C13H18FNO4S. The van der Waals surface area contributed by atoms with Crippen molar-refractivity contribution in [2.45, 2.75) is 37.6 Å². The molecule has 112 valence electrons. The zero-order valence-electron chi connectivity index (χ0n) is 11.4. The number of carbonyl (C=O) groups is 1. The van der Waals surface area contributed by atoms with Crippen molar-refractivity contribution in [1.29, 1.82) is 0 Å². The Bertz CT molecular complexity index is 556. The fourth-order valence-corrected chi connectivity index (χ4v) is 3.43. The highest BCUT2D eigenvalue weighted by Gasteiger charge is 2.28. The van der Waals surface area contributed by atoms with E-state index in [1.165, 1.54) is 12.1 Å². The minimum absolute atomic E-state index is 0.0374. The molecule has 0 aliphatic rings. The highest BCUT2D eigenvalue weighted by molar-refractivity contribution is 7.89. The van der Waals surface area contributed by atoms with E-state index in [1.807, 2.05) is 6.92 Å². The van der Waals surface area contributed by atoms with Crippen LogP contribution in [0.3, 0.4) is 0 Å². The Labute approximate surface area is 118 Å². The van der Waals surface area contributed by atoms with Crippen molar-refractivity contribution in [3.63, 3.8) is 0 Å². The summed E-state index contributed by atoms with van der Waals surface area (Å²) < 4.78 is 38.9. The topological polar surface area (TPSA) is 74.7 Å². The number of carboxylic acid groups (broad SMARTS) is 1. The predicted molar refractivity (Wildman–Crippen MR) is 72.3 cm³/mol. The molecule has 0 saturated carbocycles. The predicted octanol–water partition coefficient (Wildman–Crippen LogP) is 2.09. The van der Waals surface area contributed by atoms with Crippen molar-refractivity contribution in [2.24, 2.45) is 0 Å². The van der Waals surface area contributed by atoms with Gasteiger partial charge in [0.2, 0.25) is 10.0 Å². The molecule has 1 rings (SSSR count). The highest BCUT2D eigenvalue weighted by Crippen LogP contribution is 2.20. The minimum atomic E-state index is -3.82. The Balaban J connectivity index is 3.09. The van der Waals surface area contributed by atoms with Crippen molar-refractivity contribution in [3.8, 4) is 0 Å². The number of hydrogen-bond acceptors (Lipinski definition) is 3. The lowest BCUT2D eigenvalue weighted by Gasteiger charge is -2.27. The number of benzene rings is 1. The second-order valence-corrected chi connectivity index (χ2v) is 6.36. The maximum Gasteiger partial charge on any atom is 0.304 e. The van der Waals surface area contributed by atoms with E-state index in [1.54, 1.807) is 6.92 Å². The van der Waals surface area contributed by atoms with Crippen LogP contribution in [0.1, 0.15) is 26.7 Å². The Morgan fingerprint density at radius 2 is 1.90 bits per heavy atom. The molecule has 0 radical (unpaired) electrons. The van der Waals surface area contributed by atoms with Gasteiger partial charge in [-0.15, -0.1) is 0 Å². The maximum absolute atomic E-state index is 12.9. The van der Waals surface area contributed by atoms with Gasteiger partial charge in [-0.05, 0) is 37.6 Å². The second kappa shape index (κ2) is 6.81. The summed E-state index contributed by atoms with van der Waals surface area (Å²) in [6.45, 7) is 3.42. The Kier molecular flexibility index (Phi) is 5.64. The smallest absolute Gasteiger partial charge is 0.304 e. The maximum atomic E-state index is 12.9. The molecule has 1 unspecified atom stereocenters. The molecule has 0 amide bonds. The van der Waals surface area contributed by atoms with Crippen LogP contribution in [-0.2, 0) is 14.8 Å². The largest absolute Gasteiger partial charge is 0.481 e. The van der Waals surface area contributed by atoms with E-state index in [0.717, 1.165) is 16.4 Å². The molecule has 5 nitrogen and oxygen atoms in total. The van der Waals surface area contributed by atoms with E-state index in [9.17, 15) is 17.6 Å². The minimum Gasteiger partial charge on any atom is -0.481 e. The number of nitrogens with zero attached hydrogens (tertiary/aromatic N) is 1. The molecule has 7 heteroatoms. The van der Waals surface area contributed by atoms with Crippen molar-refractivity contribution < 1.29 is 22.7 Å². The number of sulfonamides is 1. The monoisotopic (exact) mass is 303 g/mol. The molecular weight excluding hydrogens is 285 g/mol. The van der Waals surface area contributed by atoms with Gasteiger partial charge in [0.15, 0.2) is 0 Å². The first-order valence-corrected chi connectivity index (χ1v) is 7.72. The van der Waals surface area contributed by atoms with Gasteiger partial charge < -0.3 is 5.11 Å². The zero-order valence-corrected chi connectivity index (χ0v) is 12.2. The van der Waals surface area contributed by atoms with E-state index >= 15 is 0 Å². The Hall–Kier alpha value is -1.47. The van der Waals surface area contributed by atoms with Gasteiger partial charge in [-0.3, -0.25) is 4.79 Å². The number of hydrogen-bond donors (Lipinski definition) is 1. The lowest BCUT2D eigenvalue weighted by Crippen LogP contribution is -2.39. The van der Waals surface area contributed by atoms with Crippen molar-refractivity contribution >= 4 is 16.0 Å². The van der Waals surface area contributed by atoms with Crippen LogP contribution in [0.25, 0.3) is 0 Å². The van der Waals surface area contributed by atoms with E-state index in [4.69, 9.17) is 5.11 Å². The zero-order chi connectivity index (χ0) is 15.3.